The maximum atomic E-state index is 9.79. The van der Waals surface area contributed by atoms with Gasteiger partial charge in [0, 0.05) is 5.41 Å². The van der Waals surface area contributed by atoms with E-state index in [1.54, 1.807) is 0 Å². The van der Waals surface area contributed by atoms with Gasteiger partial charge in [0.25, 0.3) is 0 Å². The molecule has 1 aromatic carbocycles. The van der Waals surface area contributed by atoms with Crippen molar-refractivity contribution in [3.05, 3.63) is 35.4 Å². The Labute approximate surface area is 105 Å². The molecule has 1 fully saturated rings. The Morgan fingerprint density at radius 3 is 2.06 bits per heavy atom. The molecule has 1 aliphatic carbocycles. The fourth-order valence-corrected chi connectivity index (χ4v) is 2.43. The Hall–Kier alpha value is -0.820. The van der Waals surface area contributed by atoms with Gasteiger partial charge < -0.3 is 5.11 Å². The maximum Gasteiger partial charge on any atom is 0.0571 e. The first-order chi connectivity index (χ1) is 7.83. The SMILES string of the molecule is CC(O)C1(Cc2ccc(C(C)(C)C)cc2)CC1. The van der Waals surface area contributed by atoms with E-state index in [4.69, 9.17) is 0 Å². The van der Waals surface area contributed by atoms with Crippen LogP contribution in [0, 0.1) is 5.41 Å². The van der Waals surface area contributed by atoms with Gasteiger partial charge in [0.2, 0.25) is 0 Å². The minimum atomic E-state index is -0.176. The van der Waals surface area contributed by atoms with Gasteiger partial charge in [-0.3, -0.25) is 0 Å². The Balaban J connectivity index is 2.09. The summed E-state index contributed by atoms with van der Waals surface area (Å²) in [5.74, 6) is 0. The second-order valence-corrected chi connectivity index (χ2v) is 6.66. The highest BCUT2D eigenvalue weighted by Gasteiger charge is 2.46. The van der Waals surface area contributed by atoms with Crippen LogP contribution in [0.15, 0.2) is 24.3 Å². The van der Waals surface area contributed by atoms with Crippen LogP contribution in [0.25, 0.3) is 0 Å². The van der Waals surface area contributed by atoms with Crippen LogP contribution in [0.2, 0.25) is 0 Å². The molecule has 1 nitrogen and oxygen atoms in total. The Bertz CT molecular complexity index is 377. The summed E-state index contributed by atoms with van der Waals surface area (Å²) in [4.78, 5) is 0. The van der Waals surface area contributed by atoms with Crippen molar-refractivity contribution in [2.75, 3.05) is 0 Å². The van der Waals surface area contributed by atoms with Crippen molar-refractivity contribution in [2.45, 2.75) is 58.5 Å². The smallest absolute Gasteiger partial charge is 0.0571 e. The van der Waals surface area contributed by atoms with E-state index >= 15 is 0 Å². The number of rotatable bonds is 3. The lowest BCUT2D eigenvalue weighted by atomic mass is 9.85. The summed E-state index contributed by atoms with van der Waals surface area (Å²) in [5.41, 5.74) is 3.14. The van der Waals surface area contributed by atoms with Gasteiger partial charge in [0.1, 0.15) is 0 Å². The third-order valence-corrected chi connectivity index (χ3v) is 4.15. The van der Waals surface area contributed by atoms with Crippen LogP contribution < -0.4 is 0 Å². The van der Waals surface area contributed by atoms with Crippen LogP contribution >= 0.6 is 0 Å². The van der Waals surface area contributed by atoms with E-state index in [-0.39, 0.29) is 16.9 Å². The normalized spacial score (nSPS) is 20.1. The van der Waals surface area contributed by atoms with Crippen molar-refractivity contribution in [3.63, 3.8) is 0 Å². The molecule has 1 atom stereocenters. The molecule has 0 bridgehead atoms. The molecule has 0 aliphatic heterocycles. The molecular weight excluding hydrogens is 208 g/mol. The van der Waals surface area contributed by atoms with E-state index in [1.807, 2.05) is 6.92 Å². The van der Waals surface area contributed by atoms with E-state index in [0.29, 0.717) is 0 Å². The molecule has 2 rings (SSSR count). The van der Waals surface area contributed by atoms with Crippen molar-refractivity contribution in [1.29, 1.82) is 0 Å². The van der Waals surface area contributed by atoms with Gasteiger partial charge in [-0.05, 0) is 42.7 Å². The van der Waals surface area contributed by atoms with Crippen LogP contribution in [-0.4, -0.2) is 11.2 Å². The average molecular weight is 232 g/mol. The maximum absolute atomic E-state index is 9.79. The first-order valence-corrected chi connectivity index (χ1v) is 6.61. The zero-order chi connectivity index (χ0) is 12.7. The van der Waals surface area contributed by atoms with Crippen molar-refractivity contribution < 1.29 is 5.11 Å². The molecule has 1 unspecified atom stereocenters. The summed E-state index contributed by atoms with van der Waals surface area (Å²) in [6.07, 6.45) is 3.19. The van der Waals surface area contributed by atoms with Crippen molar-refractivity contribution in [2.24, 2.45) is 5.41 Å². The average Bonchev–Trinajstić information content (AvgIpc) is 2.98. The van der Waals surface area contributed by atoms with Crippen molar-refractivity contribution >= 4 is 0 Å². The number of benzene rings is 1. The third kappa shape index (κ3) is 2.71. The molecular formula is C16H24O. The number of hydrogen-bond acceptors (Lipinski definition) is 1. The van der Waals surface area contributed by atoms with E-state index in [9.17, 15) is 5.11 Å². The zero-order valence-electron chi connectivity index (χ0n) is 11.5. The van der Waals surface area contributed by atoms with Crippen LogP contribution in [0.1, 0.15) is 51.7 Å². The summed E-state index contributed by atoms with van der Waals surface area (Å²) in [5, 5.41) is 9.79. The second-order valence-electron chi connectivity index (χ2n) is 6.66. The molecule has 94 valence electrons. The van der Waals surface area contributed by atoms with E-state index < -0.39 is 0 Å². The minimum Gasteiger partial charge on any atom is -0.393 e. The fraction of sp³-hybridized carbons (Fsp3) is 0.625. The molecule has 17 heavy (non-hydrogen) atoms. The largest absolute Gasteiger partial charge is 0.393 e. The Morgan fingerprint density at radius 2 is 1.71 bits per heavy atom. The fourth-order valence-electron chi connectivity index (χ4n) is 2.43. The molecule has 0 spiro atoms. The summed E-state index contributed by atoms with van der Waals surface area (Å²) in [7, 11) is 0. The predicted molar refractivity (Wildman–Crippen MR) is 72.2 cm³/mol. The molecule has 1 N–H and O–H groups in total. The summed E-state index contributed by atoms with van der Waals surface area (Å²) in [6.45, 7) is 8.64. The van der Waals surface area contributed by atoms with Gasteiger partial charge in [-0.25, -0.2) is 0 Å². The van der Waals surface area contributed by atoms with Crippen LogP contribution in [0.5, 0.6) is 0 Å². The predicted octanol–water partition coefficient (Wildman–Crippen LogP) is 3.69. The van der Waals surface area contributed by atoms with Gasteiger partial charge in [0.05, 0.1) is 6.10 Å². The standard InChI is InChI=1S/C16H24O/c1-12(17)16(9-10-16)11-13-5-7-14(8-6-13)15(2,3)4/h5-8,12,17H,9-11H2,1-4H3. The van der Waals surface area contributed by atoms with E-state index in [2.05, 4.69) is 45.0 Å². The van der Waals surface area contributed by atoms with E-state index in [1.165, 1.54) is 24.0 Å². The van der Waals surface area contributed by atoms with Crippen molar-refractivity contribution in [3.8, 4) is 0 Å². The second kappa shape index (κ2) is 4.13. The summed E-state index contributed by atoms with van der Waals surface area (Å²) >= 11 is 0. The van der Waals surface area contributed by atoms with Crippen LogP contribution in [0.3, 0.4) is 0 Å². The number of aliphatic hydroxyl groups is 1. The molecule has 0 aromatic heterocycles. The summed E-state index contributed by atoms with van der Waals surface area (Å²) in [6, 6.07) is 8.91. The molecule has 1 aromatic rings. The highest BCUT2D eigenvalue weighted by Crippen LogP contribution is 2.51. The molecule has 0 amide bonds. The van der Waals surface area contributed by atoms with Gasteiger partial charge in [-0.1, -0.05) is 45.0 Å². The van der Waals surface area contributed by atoms with Crippen molar-refractivity contribution in [1.82, 2.24) is 0 Å². The van der Waals surface area contributed by atoms with Crippen LogP contribution in [0.4, 0.5) is 0 Å². The third-order valence-electron chi connectivity index (χ3n) is 4.15. The number of hydrogen-bond donors (Lipinski definition) is 1. The zero-order valence-corrected chi connectivity index (χ0v) is 11.5. The first-order valence-electron chi connectivity index (χ1n) is 6.61. The molecule has 0 radical (unpaired) electrons. The van der Waals surface area contributed by atoms with Gasteiger partial charge >= 0.3 is 0 Å². The van der Waals surface area contributed by atoms with Gasteiger partial charge in [-0.15, -0.1) is 0 Å². The highest BCUT2D eigenvalue weighted by atomic mass is 16.3. The minimum absolute atomic E-state index is 0.176. The summed E-state index contributed by atoms with van der Waals surface area (Å²) < 4.78 is 0. The van der Waals surface area contributed by atoms with E-state index in [0.717, 1.165) is 6.42 Å². The van der Waals surface area contributed by atoms with Gasteiger partial charge in [0.15, 0.2) is 0 Å². The topological polar surface area (TPSA) is 20.2 Å². The molecule has 1 saturated carbocycles. The Kier molecular flexibility index (Phi) is 3.07. The molecule has 0 saturated heterocycles. The first kappa shape index (κ1) is 12.6. The lowest BCUT2D eigenvalue weighted by Crippen LogP contribution is -2.20. The monoisotopic (exact) mass is 232 g/mol. The van der Waals surface area contributed by atoms with Crippen LogP contribution in [-0.2, 0) is 11.8 Å². The molecule has 0 heterocycles. The lowest BCUT2D eigenvalue weighted by molar-refractivity contribution is 0.110. The highest BCUT2D eigenvalue weighted by molar-refractivity contribution is 5.29. The lowest BCUT2D eigenvalue weighted by Gasteiger charge is -2.21. The quantitative estimate of drug-likeness (QED) is 0.842. The van der Waals surface area contributed by atoms with Gasteiger partial charge in [-0.2, -0.15) is 0 Å². The molecule has 1 aliphatic rings. The Morgan fingerprint density at radius 1 is 1.18 bits per heavy atom. The molecule has 1 heteroatoms. The number of aliphatic hydroxyl groups excluding tert-OH is 1.